The van der Waals surface area contributed by atoms with E-state index in [1.807, 2.05) is 0 Å². The van der Waals surface area contributed by atoms with Crippen molar-refractivity contribution in [2.75, 3.05) is 5.32 Å². The number of para-hydroxylation sites is 4. The number of aryl methyl sites for hydroxylation is 1. The fourth-order valence-electron chi connectivity index (χ4n) is 17.5. The van der Waals surface area contributed by atoms with Crippen LogP contribution in [-0.2, 0) is 21.7 Å². The molecule has 22 rings (SSSR count). The highest BCUT2D eigenvalue weighted by atomic mass is 15.0. The molecular weight excluding hydrogens is 1140 g/mol. The van der Waals surface area contributed by atoms with E-state index >= 15 is 0 Å². The van der Waals surface area contributed by atoms with Crippen LogP contribution in [0.3, 0.4) is 0 Å². The van der Waals surface area contributed by atoms with Crippen LogP contribution in [0.25, 0.3) is 137 Å². The van der Waals surface area contributed by atoms with Crippen LogP contribution in [0.15, 0.2) is 237 Å². The predicted molar refractivity (Wildman–Crippen MR) is 403 cm³/mol. The summed E-state index contributed by atoms with van der Waals surface area (Å²) in [5.41, 5.74) is 30.8. The first-order valence-corrected chi connectivity index (χ1v) is 33.8. The van der Waals surface area contributed by atoms with Gasteiger partial charge in [-0.15, -0.1) is 0 Å². The SMILES string of the molecule is Cc1cc2c3c(c1)-c1c4c(cc5c6ccccc6n6c5c4cc4c1c1ccccc1n4-c1ccc(cc1)C(C)(C)C(C)(C)c1ccc-6cc1)B3c1cc(-c3ccccc3Nc3ccc(C(C)(C)C)cc3)cc3cc4c(c-2c13)c1ccccc1n4-c1ccc(C(C)(C)C)cc1. The minimum atomic E-state index is -0.195. The first-order valence-electron chi connectivity index (χ1n) is 33.8. The maximum absolute atomic E-state index is 3.96. The molecule has 0 spiro atoms. The molecule has 0 atom stereocenters. The highest BCUT2D eigenvalue weighted by molar-refractivity contribution is 7.02. The maximum atomic E-state index is 3.96. The molecule has 9 heterocycles. The first-order chi connectivity index (χ1) is 45.3. The Morgan fingerprint density at radius 2 is 0.840 bits per heavy atom. The van der Waals surface area contributed by atoms with Crippen molar-refractivity contribution in [1.82, 2.24) is 13.7 Å². The number of benzene rings is 13. The van der Waals surface area contributed by atoms with E-state index in [0.29, 0.717) is 0 Å². The summed E-state index contributed by atoms with van der Waals surface area (Å²) in [6.07, 6.45) is 0. The van der Waals surface area contributed by atoms with Crippen LogP contribution in [-0.4, -0.2) is 20.4 Å². The molecule has 4 nitrogen and oxygen atoms in total. The van der Waals surface area contributed by atoms with E-state index in [1.54, 1.807) is 0 Å². The largest absolute Gasteiger partial charge is 0.355 e. The van der Waals surface area contributed by atoms with E-state index in [1.165, 1.54) is 159 Å². The molecule has 0 aliphatic carbocycles. The molecule has 1 N–H and O–H groups in total. The fraction of sp³-hybridized carbons (Fsp3) is 0.169. The zero-order chi connectivity index (χ0) is 63.8. The summed E-state index contributed by atoms with van der Waals surface area (Å²) in [7, 11) is 0. The lowest BCUT2D eigenvalue weighted by atomic mass is 9.30. The fourth-order valence-corrected chi connectivity index (χ4v) is 17.5. The second-order valence-electron chi connectivity index (χ2n) is 30.6. The molecule has 6 bridgehead atoms. The summed E-state index contributed by atoms with van der Waals surface area (Å²) in [4.78, 5) is 0. The third-order valence-corrected chi connectivity index (χ3v) is 22.9. The van der Waals surface area contributed by atoms with Gasteiger partial charge in [-0.3, -0.25) is 0 Å². The molecule has 0 saturated heterocycles. The molecule has 452 valence electrons. The second-order valence-corrected chi connectivity index (χ2v) is 30.6. The minimum absolute atomic E-state index is 0.0136. The van der Waals surface area contributed by atoms with Gasteiger partial charge in [0.25, 0.3) is 0 Å². The lowest BCUT2D eigenvalue weighted by Gasteiger charge is -2.43. The summed E-state index contributed by atoms with van der Waals surface area (Å²) in [6, 6.07) is 92.2. The molecule has 0 amide bonds. The third kappa shape index (κ3) is 7.47. The maximum Gasteiger partial charge on any atom is 0.244 e. The van der Waals surface area contributed by atoms with E-state index in [-0.39, 0.29) is 28.4 Å². The van der Waals surface area contributed by atoms with Crippen molar-refractivity contribution in [3.05, 3.63) is 264 Å². The Bertz CT molecular complexity index is 5990. The van der Waals surface area contributed by atoms with Crippen molar-refractivity contribution in [2.45, 2.75) is 97.8 Å². The smallest absolute Gasteiger partial charge is 0.244 e. The molecule has 6 aliphatic heterocycles. The number of hydrogen-bond acceptors (Lipinski definition) is 1. The van der Waals surface area contributed by atoms with Gasteiger partial charge in [-0.1, -0.05) is 231 Å². The van der Waals surface area contributed by atoms with Crippen LogP contribution >= 0.6 is 0 Å². The van der Waals surface area contributed by atoms with Gasteiger partial charge in [0, 0.05) is 71.7 Å². The Labute approximate surface area is 549 Å². The van der Waals surface area contributed by atoms with Crippen LogP contribution < -0.4 is 21.7 Å². The Morgan fingerprint density at radius 3 is 1.41 bits per heavy atom. The van der Waals surface area contributed by atoms with Gasteiger partial charge < -0.3 is 19.0 Å². The lowest BCUT2D eigenvalue weighted by molar-refractivity contribution is 0.303. The van der Waals surface area contributed by atoms with Gasteiger partial charge in [-0.25, -0.2) is 0 Å². The topological polar surface area (TPSA) is 26.8 Å². The Morgan fingerprint density at radius 1 is 0.372 bits per heavy atom. The number of anilines is 2. The molecule has 94 heavy (non-hydrogen) atoms. The molecule has 0 unspecified atom stereocenters. The van der Waals surface area contributed by atoms with Crippen LogP contribution in [0.5, 0.6) is 0 Å². The Balaban J connectivity index is 0.994. The number of aromatic nitrogens is 3. The third-order valence-electron chi connectivity index (χ3n) is 22.9. The van der Waals surface area contributed by atoms with Crippen LogP contribution in [0.4, 0.5) is 11.4 Å². The van der Waals surface area contributed by atoms with Gasteiger partial charge >= 0.3 is 0 Å². The van der Waals surface area contributed by atoms with E-state index in [9.17, 15) is 0 Å². The second kappa shape index (κ2) is 18.9. The molecular formula is C89H73BN4. The Kier molecular flexibility index (Phi) is 11.1. The molecule has 16 aromatic rings. The summed E-state index contributed by atoms with van der Waals surface area (Å²) in [6.45, 7) is 25.7. The van der Waals surface area contributed by atoms with E-state index in [4.69, 9.17) is 0 Å². The first kappa shape index (κ1) is 55.3. The lowest BCUT2D eigenvalue weighted by Crippen LogP contribution is -2.57. The highest BCUT2D eigenvalue weighted by Crippen LogP contribution is 2.53. The Hall–Kier alpha value is -10.4. The summed E-state index contributed by atoms with van der Waals surface area (Å²) >= 11 is 0. The molecule has 0 saturated carbocycles. The normalized spacial score (nSPS) is 14.5. The van der Waals surface area contributed by atoms with E-state index < -0.39 is 0 Å². The van der Waals surface area contributed by atoms with Gasteiger partial charge in [0.15, 0.2) is 0 Å². The zero-order valence-corrected chi connectivity index (χ0v) is 55.4. The average Bonchev–Trinajstić information content (AvgIpc) is 1.22. The number of hydrogen-bond donors (Lipinski definition) is 1. The predicted octanol–water partition coefficient (Wildman–Crippen LogP) is 21.6. The number of nitrogens with one attached hydrogen (secondary N) is 1. The number of fused-ring (bicyclic) bond motifs is 13. The van der Waals surface area contributed by atoms with Gasteiger partial charge in [0.2, 0.25) is 6.71 Å². The molecule has 5 heteroatoms. The molecule has 6 aliphatic rings. The van der Waals surface area contributed by atoms with Crippen LogP contribution in [0.2, 0.25) is 0 Å². The van der Waals surface area contributed by atoms with E-state index in [2.05, 4.69) is 332 Å². The van der Waals surface area contributed by atoms with Crippen LogP contribution in [0, 0.1) is 6.92 Å². The van der Waals surface area contributed by atoms with Crippen LogP contribution in [0.1, 0.15) is 97.1 Å². The highest BCUT2D eigenvalue weighted by Gasteiger charge is 2.44. The quantitative estimate of drug-likeness (QED) is 0.175. The van der Waals surface area contributed by atoms with Gasteiger partial charge in [0.05, 0.1) is 33.1 Å². The monoisotopic (exact) mass is 1210 g/mol. The van der Waals surface area contributed by atoms with Gasteiger partial charge in [-0.05, 0) is 191 Å². The van der Waals surface area contributed by atoms with Crippen molar-refractivity contribution < 1.29 is 0 Å². The summed E-state index contributed by atoms with van der Waals surface area (Å²) < 4.78 is 7.74. The van der Waals surface area contributed by atoms with Gasteiger partial charge in [0.1, 0.15) is 0 Å². The van der Waals surface area contributed by atoms with Gasteiger partial charge in [-0.2, -0.15) is 0 Å². The zero-order valence-electron chi connectivity index (χ0n) is 55.4. The number of nitrogens with zero attached hydrogens (tertiary/aromatic N) is 3. The molecule has 0 radical (unpaired) electrons. The minimum Gasteiger partial charge on any atom is -0.355 e. The van der Waals surface area contributed by atoms with Crippen molar-refractivity contribution in [3.63, 3.8) is 0 Å². The molecule has 3 aromatic heterocycles. The average molecular weight is 1210 g/mol. The van der Waals surface area contributed by atoms with E-state index in [0.717, 1.165) is 34.0 Å². The summed E-state index contributed by atoms with van der Waals surface area (Å²) in [5, 5.41) is 16.7. The van der Waals surface area contributed by atoms with Crippen molar-refractivity contribution >= 4 is 121 Å². The standard InChI is InChI=1S/C89H73BN4/c1-51-44-67-82-78-53(48-76-80(82)64-22-14-18-26-74(64)92(76)59-38-30-55(31-39-59)87(5,6)7)46-52(62-20-12-16-24-72(62)91-58-36-28-54(29-37-58)86(2,3)4)47-70(78)90-71-49-66-63-21-13-17-25-73(63)94-61-42-34-57(35-43-61)89(10,11)88(8,9)56-32-40-60(41-33-56)93-75-27-19-15-23-65(75)81-77(93)50-69(85(66)94)79(71)83(81)68(45-51)84(67)90/h12-50,91H,1-11H3. The van der Waals surface area contributed by atoms with Crippen molar-refractivity contribution in [2.24, 2.45) is 0 Å². The van der Waals surface area contributed by atoms with Crippen molar-refractivity contribution in [1.29, 1.82) is 0 Å². The molecule has 13 aromatic carbocycles. The molecule has 0 fully saturated rings. The van der Waals surface area contributed by atoms with Crippen molar-refractivity contribution in [3.8, 4) is 50.4 Å². The summed E-state index contributed by atoms with van der Waals surface area (Å²) in [5.74, 6) is 0. The number of rotatable bonds is 4.